The lowest BCUT2D eigenvalue weighted by Gasteiger charge is -2.19. The molecular formula is C27H25F2N5O3. The molecular weight excluding hydrogens is 480 g/mol. The van der Waals surface area contributed by atoms with Crippen molar-refractivity contribution < 1.29 is 22.7 Å². The molecule has 2 N–H and O–H groups in total. The number of anilines is 3. The van der Waals surface area contributed by atoms with Crippen molar-refractivity contribution in [2.24, 2.45) is 0 Å². The molecule has 0 saturated carbocycles. The maximum absolute atomic E-state index is 13.7. The van der Waals surface area contributed by atoms with E-state index >= 15 is 0 Å². The van der Waals surface area contributed by atoms with Crippen molar-refractivity contribution in [2.45, 2.75) is 19.4 Å². The van der Waals surface area contributed by atoms with E-state index in [0.717, 1.165) is 36.2 Å². The predicted octanol–water partition coefficient (Wildman–Crippen LogP) is 6.07. The summed E-state index contributed by atoms with van der Waals surface area (Å²) >= 11 is 0. The van der Waals surface area contributed by atoms with Gasteiger partial charge in [0.1, 0.15) is 6.26 Å². The van der Waals surface area contributed by atoms with Gasteiger partial charge in [0.25, 0.3) is 5.89 Å². The summed E-state index contributed by atoms with van der Waals surface area (Å²) in [6.07, 6.45) is 10.8. The number of hydrogen-bond acceptors (Lipinski definition) is 8. The molecule has 2 aromatic carbocycles. The molecule has 1 aliphatic carbocycles. The monoisotopic (exact) mass is 505 g/mol. The number of halogens is 2. The van der Waals surface area contributed by atoms with Crippen LogP contribution < -0.4 is 15.5 Å². The first-order chi connectivity index (χ1) is 18.0. The summed E-state index contributed by atoms with van der Waals surface area (Å²) in [4.78, 5) is 1.95. The molecule has 0 saturated heterocycles. The van der Waals surface area contributed by atoms with Crippen LogP contribution in [-0.2, 0) is 16.0 Å². The highest BCUT2D eigenvalue weighted by Crippen LogP contribution is 2.33. The molecule has 5 rings (SSSR count). The minimum absolute atomic E-state index is 0.117. The molecule has 1 aliphatic heterocycles. The van der Waals surface area contributed by atoms with E-state index in [1.165, 1.54) is 12.3 Å². The molecule has 0 radical (unpaired) electrons. The smallest absolute Gasteiger partial charge is 0.322 e. The van der Waals surface area contributed by atoms with Gasteiger partial charge < -0.3 is 24.1 Å². The summed E-state index contributed by atoms with van der Waals surface area (Å²) in [5.74, 6) is -0.609. The number of allylic oxidation sites excluding steroid dienone is 4. The lowest BCUT2D eigenvalue weighted by molar-refractivity contribution is 0.232. The second kappa shape index (κ2) is 10.6. The van der Waals surface area contributed by atoms with Gasteiger partial charge >= 0.3 is 6.01 Å². The van der Waals surface area contributed by atoms with Gasteiger partial charge in [-0.1, -0.05) is 29.4 Å². The summed E-state index contributed by atoms with van der Waals surface area (Å²) in [6.45, 7) is 0.262. The Labute approximate surface area is 212 Å². The standard InChI is InChI=1S/C27H25F2N5O3/c1-34(2)19-9-10-20(23(13-19)30-14-17-8-11-21(28)22(29)12-17)26-32-33-27(37-26)31-25-16-35-15-24(36-25)18-6-4-3-5-7-18/h3-4,6,8-13,15-16,30H,5,7,14H2,1-2H3,(H,31,33). The maximum atomic E-state index is 13.7. The summed E-state index contributed by atoms with van der Waals surface area (Å²) in [5.41, 5.74) is 3.87. The Bertz CT molecular complexity index is 1430. The zero-order valence-electron chi connectivity index (χ0n) is 20.3. The number of nitrogens with zero attached hydrogens (tertiary/aromatic N) is 3. The van der Waals surface area contributed by atoms with Gasteiger partial charge in [0.05, 0.1) is 5.56 Å². The Morgan fingerprint density at radius 1 is 1.03 bits per heavy atom. The molecule has 2 heterocycles. The summed E-state index contributed by atoms with van der Waals surface area (Å²) in [6, 6.07) is 9.59. The Morgan fingerprint density at radius 3 is 2.70 bits per heavy atom. The molecule has 0 spiro atoms. The fourth-order valence-electron chi connectivity index (χ4n) is 3.81. The Morgan fingerprint density at radius 2 is 1.92 bits per heavy atom. The third-order valence-electron chi connectivity index (χ3n) is 5.77. The van der Waals surface area contributed by atoms with Gasteiger partial charge in [0.2, 0.25) is 5.88 Å². The molecule has 10 heteroatoms. The fourth-order valence-corrected chi connectivity index (χ4v) is 3.81. The van der Waals surface area contributed by atoms with E-state index in [-0.39, 0.29) is 18.5 Å². The zero-order chi connectivity index (χ0) is 25.8. The lowest BCUT2D eigenvalue weighted by atomic mass is 10.0. The van der Waals surface area contributed by atoms with Gasteiger partial charge in [0.15, 0.2) is 23.7 Å². The van der Waals surface area contributed by atoms with Crippen LogP contribution in [0.1, 0.15) is 18.4 Å². The summed E-state index contributed by atoms with van der Waals surface area (Å²) in [5, 5.41) is 14.5. The number of aromatic nitrogens is 2. The second-order valence-electron chi connectivity index (χ2n) is 8.62. The van der Waals surface area contributed by atoms with Crippen molar-refractivity contribution in [1.29, 1.82) is 0 Å². The highest BCUT2D eigenvalue weighted by molar-refractivity contribution is 5.77. The van der Waals surface area contributed by atoms with E-state index in [9.17, 15) is 8.78 Å². The van der Waals surface area contributed by atoms with E-state index in [0.29, 0.717) is 28.5 Å². The lowest BCUT2D eigenvalue weighted by Crippen LogP contribution is -2.10. The molecule has 190 valence electrons. The van der Waals surface area contributed by atoms with Crippen LogP contribution in [-0.4, -0.2) is 24.3 Å². The minimum Gasteiger partial charge on any atom is -0.463 e. The predicted molar refractivity (Wildman–Crippen MR) is 136 cm³/mol. The van der Waals surface area contributed by atoms with Crippen LogP contribution in [0.3, 0.4) is 0 Å². The number of rotatable bonds is 8. The highest BCUT2D eigenvalue weighted by atomic mass is 19.2. The van der Waals surface area contributed by atoms with E-state index in [4.69, 9.17) is 13.9 Å². The molecule has 1 aromatic heterocycles. The van der Waals surface area contributed by atoms with Crippen molar-refractivity contribution >= 4 is 17.4 Å². The van der Waals surface area contributed by atoms with Crippen LogP contribution in [0.5, 0.6) is 0 Å². The molecule has 8 nitrogen and oxygen atoms in total. The second-order valence-corrected chi connectivity index (χ2v) is 8.62. The largest absolute Gasteiger partial charge is 0.463 e. The number of benzene rings is 2. The molecule has 0 unspecified atom stereocenters. The molecule has 0 fully saturated rings. The van der Waals surface area contributed by atoms with Gasteiger partial charge in [-0.05, 0) is 54.3 Å². The van der Waals surface area contributed by atoms with Crippen molar-refractivity contribution in [2.75, 3.05) is 29.6 Å². The average Bonchev–Trinajstić information content (AvgIpc) is 3.38. The van der Waals surface area contributed by atoms with Crippen LogP contribution in [0.4, 0.5) is 26.2 Å². The Hall–Kier alpha value is -4.60. The van der Waals surface area contributed by atoms with Gasteiger partial charge in [0, 0.05) is 32.0 Å². The van der Waals surface area contributed by atoms with E-state index < -0.39 is 11.6 Å². The third kappa shape index (κ3) is 5.64. The average molecular weight is 506 g/mol. The number of nitrogens with one attached hydrogen (secondary N) is 2. The molecule has 3 aromatic rings. The first kappa shape index (κ1) is 24.1. The van der Waals surface area contributed by atoms with Crippen molar-refractivity contribution in [3.05, 3.63) is 102 Å². The molecule has 0 amide bonds. The van der Waals surface area contributed by atoms with Crippen molar-refractivity contribution in [3.63, 3.8) is 0 Å². The van der Waals surface area contributed by atoms with Gasteiger partial charge in [-0.3, -0.25) is 5.32 Å². The molecule has 2 aliphatic rings. The Kier molecular flexibility index (Phi) is 6.89. The van der Waals surface area contributed by atoms with Crippen LogP contribution in [0.25, 0.3) is 11.5 Å². The van der Waals surface area contributed by atoms with Gasteiger partial charge in [-0.25, -0.2) is 8.78 Å². The molecule has 37 heavy (non-hydrogen) atoms. The van der Waals surface area contributed by atoms with E-state index in [1.54, 1.807) is 6.26 Å². The topological polar surface area (TPSA) is 84.7 Å². The SMILES string of the molecule is CN(C)c1ccc(-c2nnc(NC3=COC=C(C4=CC=CCC4)O3)o2)c(NCc2ccc(F)c(F)c2)c1. The van der Waals surface area contributed by atoms with Crippen LogP contribution >= 0.6 is 0 Å². The normalized spacial score (nSPS) is 14.6. The maximum Gasteiger partial charge on any atom is 0.322 e. The summed E-state index contributed by atoms with van der Waals surface area (Å²) < 4.78 is 44.2. The summed E-state index contributed by atoms with van der Waals surface area (Å²) in [7, 11) is 3.84. The quantitative estimate of drug-likeness (QED) is 0.382. The molecule has 0 bridgehead atoms. The van der Waals surface area contributed by atoms with Crippen LogP contribution in [0, 0.1) is 11.6 Å². The van der Waals surface area contributed by atoms with E-state index in [2.05, 4.69) is 26.9 Å². The zero-order valence-corrected chi connectivity index (χ0v) is 20.3. The minimum atomic E-state index is -0.897. The van der Waals surface area contributed by atoms with Gasteiger partial charge in [-0.15, -0.1) is 5.10 Å². The Balaban J connectivity index is 1.33. The molecule has 0 atom stereocenters. The first-order valence-electron chi connectivity index (χ1n) is 11.7. The third-order valence-corrected chi connectivity index (χ3v) is 5.77. The van der Waals surface area contributed by atoms with Gasteiger partial charge in [-0.2, -0.15) is 0 Å². The van der Waals surface area contributed by atoms with Crippen molar-refractivity contribution in [1.82, 2.24) is 10.2 Å². The first-order valence-corrected chi connectivity index (χ1v) is 11.7. The van der Waals surface area contributed by atoms with Crippen LogP contribution in [0.15, 0.2) is 88.8 Å². The van der Waals surface area contributed by atoms with E-state index in [1.807, 2.05) is 49.3 Å². The highest BCUT2D eigenvalue weighted by Gasteiger charge is 2.19. The van der Waals surface area contributed by atoms with Crippen LogP contribution in [0.2, 0.25) is 0 Å². The number of ether oxygens (including phenoxy) is 2. The number of hydrogen-bond donors (Lipinski definition) is 2. The fraction of sp³-hybridized carbons (Fsp3) is 0.185. The van der Waals surface area contributed by atoms with Crippen molar-refractivity contribution in [3.8, 4) is 11.5 Å².